The first-order valence-corrected chi connectivity index (χ1v) is 6.38. The van der Waals surface area contributed by atoms with E-state index in [0.29, 0.717) is 18.7 Å². The van der Waals surface area contributed by atoms with Gasteiger partial charge in [0.1, 0.15) is 18.4 Å². The molecule has 0 bridgehead atoms. The SMILES string of the molecule is CCCC(NCCOc1cccc([N+](=O)[O-])c1)C(=O)O. The first-order chi connectivity index (χ1) is 9.54. The van der Waals surface area contributed by atoms with Crippen LogP contribution in [0.1, 0.15) is 19.8 Å². The van der Waals surface area contributed by atoms with Crippen molar-refractivity contribution in [2.24, 2.45) is 0 Å². The summed E-state index contributed by atoms with van der Waals surface area (Å²) in [5.74, 6) is -0.495. The zero-order valence-electron chi connectivity index (χ0n) is 11.2. The number of hydrogen-bond acceptors (Lipinski definition) is 5. The Hall–Kier alpha value is -2.15. The molecule has 7 nitrogen and oxygen atoms in total. The van der Waals surface area contributed by atoms with E-state index in [9.17, 15) is 14.9 Å². The van der Waals surface area contributed by atoms with E-state index in [0.717, 1.165) is 6.42 Å². The van der Waals surface area contributed by atoms with E-state index in [-0.39, 0.29) is 12.3 Å². The number of nitro benzene ring substituents is 1. The Labute approximate surface area is 116 Å². The summed E-state index contributed by atoms with van der Waals surface area (Å²) in [5, 5.41) is 22.4. The van der Waals surface area contributed by atoms with E-state index in [1.807, 2.05) is 6.92 Å². The number of ether oxygens (including phenoxy) is 1. The number of rotatable bonds is 9. The molecular formula is C13H18N2O5. The molecule has 1 aromatic carbocycles. The van der Waals surface area contributed by atoms with Gasteiger partial charge in [0.25, 0.3) is 5.69 Å². The number of carboxylic acid groups (broad SMARTS) is 1. The van der Waals surface area contributed by atoms with Crippen molar-refractivity contribution in [2.45, 2.75) is 25.8 Å². The highest BCUT2D eigenvalue weighted by Crippen LogP contribution is 2.18. The summed E-state index contributed by atoms with van der Waals surface area (Å²) < 4.78 is 5.35. The highest BCUT2D eigenvalue weighted by atomic mass is 16.6. The van der Waals surface area contributed by atoms with Gasteiger partial charge in [-0.2, -0.15) is 0 Å². The second-order valence-electron chi connectivity index (χ2n) is 4.24. The standard InChI is InChI=1S/C13H18N2O5/c1-2-4-12(13(16)17)14-7-8-20-11-6-3-5-10(9-11)15(18)19/h3,5-6,9,12,14H,2,4,7-8H2,1H3,(H,16,17). The van der Waals surface area contributed by atoms with Gasteiger partial charge in [0.05, 0.1) is 11.0 Å². The summed E-state index contributed by atoms with van der Waals surface area (Å²) in [6.07, 6.45) is 1.32. The number of non-ortho nitro benzene ring substituents is 1. The molecule has 1 atom stereocenters. The average Bonchev–Trinajstić information content (AvgIpc) is 2.42. The lowest BCUT2D eigenvalue weighted by atomic mass is 10.2. The van der Waals surface area contributed by atoms with Crippen molar-refractivity contribution in [2.75, 3.05) is 13.2 Å². The number of nitrogens with one attached hydrogen (secondary N) is 1. The zero-order valence-corrected chi connectivity index (χ0v) is 11.2. The van der Waals surface area contributed by atoms with E-state index in [1.165, 1.54) is 18.2 Å². The molecule has 0 radical (unpaired) electrons. The molecule has 0 aliphatic rings. The molecular weight excluding hydrogens is 264 g/mol. The normalized spacial score (nSPS) is 11.8. The fourth-order valence-electron chi connectivity index (χ4n) is 1.69. The maximum absolute atomic E-state index is 10.9. The number of aliphatic carboxylic acids is 1. The van der Waals surface area contributed by atoms with Gasteiger partial charge in [0, 0.05) is 12.6 Å². The van der Waals surface area contributed by atoms with Gasteiger partial charge >= 0.3 is 5.97 Å². The fraction of sp³-hybridized carbons (Fsp3) is 0.462. The van der Waals surface area contributed by atoms with Crippen molar-refractivity contribution in [1.29, 1.82) is 0 Å². The topological polar surface area (TPSA) is 102 Å². The maximum Gasteiger partial charge on any atom is 0.320 e. The van der Waals surface area contributed by atoms with Crippen molar-refractivity contribution in [3.05, 3.63) is 34.4 Å². The Balaban J connectivity index is 2.38. The van der Waals surface area contributed by atoms with Crippen LogP contribution in [-0.4, -0.2) is 35.2 Å². The van der Waals surface area contributed by atoms with Crippen molar-refractivity contribution in [1.82, 2.24) is 5.32 Å². The Bertz CT molecular complexity index is 464. The second-order valence-corrected chi connectivity index (χ2v) is 4.24. The fourth-order valence-corrected chi connectivity index (χ4v) is 1.69. The van der Waals surface area contributed by atoms with Gasteiger partial charge in [-0.3, -0.25) is 14.9 Å². The van der Waals surface area contributed by atoms with Crippen LogP contribution in [-0.2, 0) is 4.79 Å². The summed E-state index contributed by atoms with van der Waals surface area (Å²) in [6, 6.07) is 5.29. The predicted molar refractivity (Wildman–Crippen MR) is 72.9 cm³/mol. The summed E-state index contributed by atoms with van der Waals surface area (Å²) >= 11 is 0. The number of carbonyl (C=O) groups is 1. The molecule has 0 heterocycles. The molecule has 0 aliphatic heterocycles. The summed E-state index contributed by atoms with van der Waals surface area (Å²) in [5.41, 5.74) is -0.0372. The third-order valence-electron chi connectivity index (χ3n) is 2.67. The number of hydrogen-bond donors (Lipinski definition) is 2. The van der Waals surface area contributed by atoms with Crippen molar-refractivity contribution >= 4 is 11.7 Å². The minimum Gasteiger partial charge on any atom is -0.492 e. The van der Waals surface area contributed by atoms with Gasteiger partial charge in [-0.05, 0) is 12.5 Å². The minimum absolute atomic E-state index is 0.0372. The van der Waals surface area contributed by atoms with Gasteiger partial charge in [0.15, 0.2) is 0 Å². The summed E-state index contributed by atoms with van der Waals surface area (Å²) in [4.78, 5) is 21.0. The van der Waals surface area contributed by atoms with Crippen LogP contribution in [0.2, 0.25) is 0 Å². The molecule has 0 saturated heterocycles. The minimum atomic E-state index is -0.887. The van der Waals surface area contributed by atoms with Gasteiger partial charge < -0.3 is 15.2 Å². The van der Waals surface area contributed by atoms with Crippen LogP contribution in [0.4, 0.5) is 5.69 Å². The van der Waals surface area contributed by atoms with E-state index in [4.69, 9.17) is 9.84 Å². The Morgan fingerprint density at radius 3 is 2.90 bits per heavy atom. The predicted octanol–water partition coefficient (Wildman–Crippen LogP) is 1.82. The largest absolute Gasteiger partial charge is 0.492 e. The van der Waals surface area contributed by atoms with E-state index < -0.39 is 16.9 Å². The lowest BCUT2D eigenvalue weighted by molar-refractivity contribution is -0.384. The molecule has 2 N–H and O–H groups in total. The quantitative estimate of drug-likeness (QED) is 0.407. The molecule has 0 spiro atoms. The molecule has 0 aromatic heterocycles. The van der Waals surface area contributed by atoms with Crippen molar-refractivity contribution in [3.8, 4) is 5.75 Å². The Morgan fingerprint density at radius 2 is 2.30 bits per heavy atom. The number of nitrogens with zero attached hydrogens (tertiary/aromatic N) is 1. The van der Waals surface area contributed by atoms with Crippen LogP contribution in [0.15, 0.2) is 24.3 Å². The van der Waals surface area contributed by atoms with Crippen LogP contribution in [0.25, 0.3) is 0 Å². The molecule has 20 heavy (non-hydrogen) atoms. The number of benzene rings is 1. The van der Waals surface area contributed by atoms with Crippen LogP contribution in [0, 0.1) is 10.1 Å². The zero-order chi connectivity index (χ0) is 15.0. The first-order valence-electron chi connectivity index (χ1n) is 6.38. The molecule has 0 amide bonds. The Morgan fingerprint density at radius 1 is 1.55 bits per heavy atom. The van der Waals surface area contributed by atoms with E-state index in [2.05, 4.69) is 5.32 Å². The van der Waals surface area contributed by atoms with E-state index in [1.54, 1.807) is 6.07 Å². The highest BCUT2D eigenvalue weighted by Gasteiger charge is 2.14. The third-order valence-corrected chi connectivity index (χ3v) is 2.67. The van der Waals surface area contributed by atoms with Gasteiger partial charge in [-0.15, -0.1) is 0 Å². The maximum atomic E-state index is 10.9. The van der Waals surface area contributed by atoms with Crippen LogP contribution in [0.3, 0.4) is 0 Å². The summed E-state index contributed by atoms with van der Waals surface area (Å²) in [6.45, 7) is 2.52. The molecule has 0 saturated carbocycles. The molecule has 0 fully saturated rings. The van der Waals surface area contributed by atoms with Crippen LogP contribution < -0.4 is 10.1 Å². The monoisotopic (exact) mass is 282 g/mol. The average molecular weight is 282 g/mol. The lowest BCUT2D eigenvalue weighted by Crippen LogP contribution is -2.38. The summed E-state index contributed by atoms with van der Waals surface area (Å²) in [7, 11) is 0. The molecule has 7 heteroatoms. The highest BCUT2D eigenvalue weighted by molar-refractivity contribution is 5.73. The van der Waals surface area contributed by atoms with Crippen molar-refractivity contribution < 1.29 is 19.6 Å². The molecule has 0 aliphatic carbocycles. The van der Waals surface area contributed by atoms with Gasteiger partial charge in [0.2, 0.25) is 0 Å². The Kier molecular flexibility index (Phi) is 6.45. The van der Waals surface area contributed by atoms with Crippen LogP contribution in [0.5, 0.6) is 5.75 Å². The molecule has 1 rings (SSSR count). The van der Waals surface area contributed by atoms with Crippen LogP contribution >= 0.6 is 0 Å². The molecule has 110 valence electrons. The van der Waals surface area contributed by atoms with Gasteiger partial charge in [-0.25, -0.2) is 0 Å². The first kappa shape index (κ1) is 15.9. The smallest absolute Gasteiger partial charge is 0.320 e. The molecule has 1 aromatic rings. The number of nitro groups is 1. The van der Waals surface area contributed by atoms with Crippen molar-refractivity contribution in [3.63, 3.8) is 0 Å². The second kappa shape index (κ2) is 8.11. The van der Waals surface area contributed by atoms with E-state index >= 15 is 0 Å². The third kappa shape index (κ3) is 5.23. The number of carboxylic acids is 1. The van der Waals surface area contributed by atoms with Gasteiger partial charge in [-0.1, -0.05) is 19.4 Å². The lowest BCUT2D eigenvalue weighted by Gasteiger charge is -2.13. The molecule has 1 unspecified atom stereocenters.